The second-order valence-corrected chi connectivity index (χ2v) is 10.1. The molecule has 4 amide bonds. The molecular weight excluding hydrogens is 438 g/mol. The minimum absolute atomic E-state index is 0.0273. The lowest BCUT2D eigenvalue weighted by Crippen LogP contribution is -2.44. The number of nitrogens with zero attached hydrogens (tertiary/aromatic N) is 2. The lowest BCUT2D eigenvalue weighted by molar-refractivity contribution is -0.134. The van der Waals surface area contributed by atoms with E-state index in [0.717, 1.165) is 16.0 Å². The molecule has 0 aliphatic carbocycles. The number of amides is 4. The summed E-state index contributed by atoms with van der Waals surface area (Å²) in [5.74, 6) is -0.775. The van der Waals surface area contributed by atoms with Crippen LogP contribution >= 0.6 is 0 Å². The third-order valence-electron chi connectivity index (χ3n) is 6.45. The third kappa shape index (κ3) is 4.97. The van der Waals surface area contributed by atoms with Crippen LogP contribution in [0.2, 0.25) is 0 Å². The summed E-state index contributed by atoms with van der Waals surface area (Å²) in [5, 5.41) is 2.81. The van der Waals surface area contributed by atoms with Crippen LogP contribution in [0.4, 0.5) is 10.5 Å². The smallest absolute Gasteiger partial charge is 0.319 e. The molecule has 1 N–H and O–H groups in total. The van der Waals surface area contributed by atoms with Gasteiger partial charge in [0.25, 0.3) is 5.91 Å². The van der Waals surface area contributed by atoms with Crippen molar-refractivity contribution in [2.75, 3.05) is 11.4 Å². The molecule has 0 bridgehead atoms. The van der Waals surface area contributed by atoms with Gasteiger partial charge in [0.1, 0.15) is 12.1 Å². The summed E-state index contributed by atoms with van der Waals surface area (Å²) in [6.45, 7) is 8.03. The first kappa shape index (κ1) is 24.2. The number of anilines is 1. The molecule has 3 aromatic rings. The quantitative estimate of drug-likeness (QED) is 0.518. The van der Waals surface area contributed by atoms with Gasteiger partial charge in [-0.05, 0) is 41.2 Å². The maximum Gasteiger partial charge on any atom is 0.325 e. The van der Waals surface area contributed by atoms with Gasteiger partial charge in [-0.3, -0.25) is 14.5 Å². The molecule has 0 saturated carbocycles. The predicted molar refractivity (Wildman–Crippen MR) is 137 cm³/mol. The highest BCUT2D eigenvalue weighted by Crippen LogP contribution is 2.31. The number of para-hydroxylation sites is 1. The largest absolute Gasteiger partial charge is 0.325 e. The van der Waals surface area contributed by atoms with Crippen molar-refractivity contribution in [3.8, 4) is 0 Å². The van der Waals surface area contributed by atoms with Gasteiger partial charge in [0.15, 0.2) is 0 Å². The van der Waals surface area contributed by atoms with Gasteiger partial charge in [0.05, 0.1) is 6.54 Å². The van der Waals surface area contributed by atoms with Crippen LogP contribution in [0.15, 0.2) is 84.9 Å². The zero-order valence-corrected chi connectivity index (χ0v) is 20.6. The zero-order chi connectivity index (χ0) is 25.2. The van der Waals surface area contributed by atoms with E-state index in [0.29, 0.717) is 17.8 Å². The molecule has 1 saturated heterocycles. The average Bonchev–Trinajstić information content (AvgIpc) is 3.07. The summed E-state index contributed by atoms with van der Waals surface area (Å²) in [6, 6.07) is 26.0. The van der Waals surface area contributed by atoms with Crippen LogP contribution in [0.1, 0.15) is 44.4 Å². The molecule has 1 aliphatic rings. The van der Waals surface area contributed by atoms with Crippen molar-refractivity contribution in [2.45, 2.75) is 45.2 Å². The number of hydrogen-bond donors (Lipinski definition) is 1. The van der Waals surface area contributed by atoms with Crippen molar-refractivity contribution in [3.63, 3.8) is 0 Å². The van der Waals surface area contributed by atoms with E-state index in [9.17, 15) is 14.4 Å². The first-order valence-electron chi connectivity index (χ1n) is 11.7. The van der Waals surface area contributed by atoms with Crippen LogP contribution in [0.25, 0.3) is 0 Å². The minimum atomic E-state index is -1.23. The van der Waals surface area contributed by atoms with Crippen LogP contribution in [-0.4, -0.2) is 29.3 Å². The third-order valence-corrected chi connectivity index (χ3v) is 6.45. The van der Waals surface area contributed by atoms with Gasteiger partial charge in [-0.25, -0.2) is 4.79 Å². The van der Waals surface area contributed by atoms with E-state index >= 15 is 0 Å². The second kappa shape index (κ2) is 9.37. The summed E-state index contributed by atoms with van der Waals surface area (Å²) in [5.41, 5.74) is 2.21. The Bertz CT molecular complexity index is 1220. The highest BCUT2D eigenvalue weighted by atomic mass is 16.2. The number of imide groups is 1. The van der Waals surface area contributed by atoms with Gasteiger partial charge < -0.3 is 10.2 Å². The Labute approximate surface area is 206 Å². The molecular formula is C29H31N3O3. The Morgan fingerprint density at radius 1 is 0.886 bits per heavy atom. The van der Waals surface area contributed by atoms with Crippen molar-refractivity contribution in [1.82, 2.24) is 10.2 Å². The van der Waals surface area contributed by atoms with E-state index in [1.165, 1.54) is 0 Å². The van der Waals surface area contributed by atoms with E-state index in [4.69, 9.17) is 0 Å². The monoisotopic (exact) mass is 469 g/mol. The summed E-state index contributed by atoms with van der Waals surface area (Å²) in [4.78, 5) is 42.4. The van der Waals surface area contributed by atoms with Gasteiger partial charge in [0, 0.05) is 5.69 Å². The molecule has 6 nitrogen and oxygen atoms in total. The number of urea groups is 1. The van der Waals surface area contributed by atoms with Gasteiger partial charge in [0.2, 0.25) is 5.91 Å². The molecule has 4 rings (SSSR count). The van der Waals surface area contributed by atoms with Crippen molar-refractivity contribution in [1.29, 1.82) is 0 Å². The van der Waals surface area contributed by atoms with E-state index in [1.54, 1.807) is 11.8 Å². The van der Waals surface area contributed by atoms with Crippen molar-refractivity contribution in [3.05, 3.63) is 102 Å². The molecule has 35 heavy (non-hydrogen) atoms. The zero-order valence-electron chi connectivity index (χ0n) is 20.6. The molecule has 180 valence electrons. The average molecular weight is 470 g/mol. The fourth-order valence-corrected chi connectivity index (χ4v) is 4.26. The van der Waals surface area contributed by atoms with Crippen LogP contribution in [-0.2, 0) is 27.1 Å². The minimum Gasteiger partial charge on any atom is -0.319 e. The Balaban J connectivity index is 1.57. The fourth-order valence-electron chi connectivity index (χ4n) is 4.26. The molecule has 0 aromatic heterocycles. The first-order chi connectivity index (χ1) is 16.6. The molecule has 1 heterocycles. The standard InChI is InChI=1S/C29H31N3O3/c1-28(2,3)22-15-17-23(18-16-22)29(4)26(34)32(27(35)30-29)20-25(33)31(24-13-9-6-10-14-24)19-21-11-7-5-8-12-21/h5-18H,19-20H2,1-4H3,(H,30,35). The van der Waals surface area contributed by atoms with Gasteiger partial charge in [-0.1, -0.05) is 93.6 Å². The Hall–Kier alpha value is -3.93. The number of rotatable bonds is 6. The van der Waals surface area contributed by atoms with E-state index in [1.807, 2.05) is 84.9 Å². The SMILES string of the molecule is CC(C)(C)c1ccc(C2(C)NC(=O)N(CC(=O)N(Cc3ccccc3)c3ccccc3)C2=O)cc1. The van der Waals surface area contributed by atoms with E-state index < -0.39 is 17.5 Å². The molecule has 1 aliphatic heterocycles. The van der Waals surface area contributed by atoms with Crippen LogP contribution in [0, 0.1) is 0 Å². The molecule has 3 aromatic carbocycles. The molecule has 1 fully saturated rings. The first-order valence-corrected chi connectivity index (χ1v) is 11.7. The van der Waals surface area contributed by atoms with Crippen LogP contribution in [0.5, 0.6) is 0 Å². The topological polar surface area (TPSA) is 69.7 Å². The maximum absolute atomic E-state index is 13.4. The molecule has 1 unspecified atom stereocenters. The lowest BCUT2D eigenvalue weighted by Gasteiger charge is -2.26. The van der Waals surface area contributed by atoms with E-state index in [-0.39, 0.29) is 17.9 Å². The summed E-state index contributed by atoms with van der Waals surface area (Å²) < 4.78 is 0. The van der Waals surface area contributed by atoms with Crippen molar-refractivity contribution < 1.29 is 14.4 Å². The van der Waals surface area contributed by atoms with Gasteiger partial charge in [-0.15, -0.1) is 0 Å². The van der Waals surface area contributed by atoms with Gasteiger partial charge >= 0.3 is 6.03 Å². The number of carbonyl (C=O) groups is 3. The number of carbonyl (C=O) groups excluding carboxylic acids is 3. The van der Waals surface area contributed by atoms with Crippen molar-refractivity contribution in [2.24, 2.45) is 0 Å². The summed E-state index contributed by atoms with van der Waals surface area (Å²) in [6.07, 6.45) is 0. The van der Waals surface area contributed by atoms with Crippen LogP contribution < -0.4 is 10.2 Å². The normalized spacial score (nSPS) is 17.9. The Kier molecular flexibility index (Phi) is 6.48. The molecule has 0 spiro atoms. The van der Waals surface area contributed by atoms with Crippen LogP contribution in [0.3, 0.4) is 0 Å². The number of benzene rings is 3. The highest BCUT2D eigenvalue weighted by Gasteiger charge is 2.49. The Morgan fingerprint density at radius 2 is 1.46 bits per heavy atom. The summed E-state index contributed by atoms with van der Waals surface area (Å²) in [7, 11) is 0. The molecule has 1 atom stereocenters. The lowest BCUT2D eigenvalue weighted by atomic mass is 9.84. The van der Waals surface area contributed by atoms with E-state index in [2.05, 4.69) is 26.1 Å². The maximum atomic E-state index is 13.4. The van der Waals surface area contributed by atoms with Gasteiger partial charge in [-0.2, -0.15) is 0 Å². The second-order valence-electron chi connectivity index (χ2n) is 10.1. The molecule has 6 heteroatoms. The highest BCUT2D eigenvalue weighted by molar-refractivity contribution is 6.10. The number of hydrogen-bond acceptors (Lipinski definition) is 3. The van der Waals surface area contributed by atoms with Crippen molar-refractivity contribution >= 4 is 23.5 Å². The fraction of sp³-hybridized carbons (Fsp3) is 0.276. The number of nitrogens with one attached hydrogen (secondary N) is 1. The Morgan fingerprint density at radius 3 is 2.03 bits per heavy atom. The predicted octanol–water partition coefficient (Wildman–Crippen LogP) is 4.98. The molecule has 0 radical (unpaired) electrons. The summed E-state index contributed by atoms with van der Waals surface area (Å²) >= 11 is 0.